The van der Waals surface area contributed by atoms with E-state index >= 15 is 0 Å². The summed E-state index contributed by atoms with van der Waals surface area (Å²) in [6, 6.07) is 7.42. The Morgan fingerprint density at radius 1 is 1.50 bits per heavy atom. The summed E-state index contributed by atoms with van der Waals surface area (Å²) in [4.78, 5) is 11.7. The van der Waals surface area contributed by atoms with Crippen LogP contribution >= 0.6 is 11.6 Å². The Hall–Kier alpha value is -1.02. The highest BCUT2D eigenvalue weighted by Crippen LogP contribution is 2.25. The smallest absolute Gasteiger partial charge is 0.313 e. The van der Waals surface area contributed by atoms with Crippen molar-refractivity contribution >= 4 is 17.6 Å². The number of benzene rings is 1. The molecule has 0 aromatic heterocycles. The molecule has 0 aliphatic rings. The lowest BCUT2D eigenvalue weighted by molar-refractivity contribution is -0.142. The number of halogens is 1. The molecule has 0 bridgehead atoms. The van der Waals surface area contributed by atoms with Gasteiger partial charge >= 0.3 is 5.97 Å². The van der Waals surface area contributed by atoms with Crippen LogP contribution in [-0.4, -0.2) is 13.1 Å². The van der Waals surface area contributed by atoms with Gasteiger partial charge in [-0.15, -0.1) is 0 Å². The minimum absolute atomic E-state index is 0.185. The van der Waals surface area contributed by atoms with E-state index < -0.39 is 0 Å². The van der Waals surface area contributed by atoms with Crippen molar-refractivity contribution in [3.05, 3.63) is 34.9 Å². The van der Waals surface area contributed by atoms with Crippen molar-refractivity contribution in [2.75, 3.05) is 7.11 Å². The molecule has 0 amide bonds. The van der Waals surface area contributed by atoms with Crippen LogP contribution in [0.4, 0.5) is 0 Å². The topological polar surface area (TPSA) is 26.3 Å². The number of methoxy groups -OCH3 is 1. The molecule has 0 saturated carbocycles. The standard InChI is InChI=1S/C13H17ClO2/c1-3-4-8-12(13(15)16-2)10-6-5-7-11(14)9-10/h5-7,9,12H,3-4,8H2,1-2H3. The molecule has 16 heavy (non-hydrogen) atoms. The predicted octanol–water partition coefficient (Wildman–Crippen LogP) is 3.79. The number of carbonyl (C=O) groups is 1. The fraction of sp³-hybridized carbons (Fsp3) is 0.462. The van der Waals surface area contributed by atoms with Crippen LogP contribution in [0.25, 0.3) is 0 Å². The van der Waals surface area contributed by atoms with Gasteiger partial charge in [-0.3, -0.25) is 4.79 Å². The summed E-state index contributed by atoms with van der Waals surface area (Å²) >= 11 is 5.92. The van der Waals surface area contributed by atoms with E-state index in [1.54, 1.807) is 6.07 Å². The van der Waals surface area contributed by atoms with Crippen LogP contribution in [0.3, 0.4) is 0 Å². The minimum atomic E-state index is -0.191. The molecule has 0 aliphatic carbocycles. The fourth-order valence-electron chi connectivity index (χ4n) is 1.69. The summed E-state index contributed by atoms with van der Waals surface area (Å²) in [6.45, 7) is 2.10. The third-order valence-corrected chi connectivity index (χ3v) is 2.82. The second-order valence-corrected chi connectivity index (χ2v) is 4.21. The van der Waals surface area contributed by atoms with Gasteiger partial charge in [0.1, 0.15) is 0 Å². The Bertz CT molecular complexity index is 350. The monoisotopic (exact) mass is 240 g/mol. The number of carbonyl (C=O) groups excluding carboxylic acids is 1. The van der Waals surface area contributed by atoms with E-state index in [1.165, 1.54) is 7.11 Å². The average Bonchev–Trinajstić information content (AvgIpc) is 2.29. The molecule has 0 N–H and O–H groups in total. The predicted molar refractivity (Wildman–Crippen MR) is 65.7 cm³/mol. The molecular formula is C13H17ClO2. The highest BCUT2D eigenvalue weighted by molar-refractivity contribution is 6.30. The largest absolute Gasteiger partial charge is 0.469 e. The van der Waals surface area contributed by atoms with Crippen molar-refractivity contribution in [3.63, 3.8) is 0 Å². The first-order valence-electron chi connectivity index (χ1n) is 5.52. The van der Waals surface area contributed by atoms with Gasteiger partial charge in [0, 0.05) is 5.02 Å². The van der Waals surface area contributed by atoms with Crippen molar-refractivity contribution < 1.29 is 9.53 Å². The zero-order valence-electron chi connectivity index (χ0n) is 9.70. The van der Waals surface area contributed by atoms with E-state index in [0.717, 1.165) is 24.8 Å². The van der Waals surface area contributed by atoms with Crippen LogP contribution < -0.4 is 0 Å². The maximum Gasteiger partial charge on any atom is 0.313 e. The third kappa shape index (κ3) is 3.53. The van der Waals surface area contributed by atoms with Gasteiger partial charge in [-0.2, -0.15) is 0 Å². The third-order valence-electron chi connectivity index (χ3n) is 2.58. The van der Waals surface area contributed by atoms with Crippen molar-refractivity contribution in [2.24, 2.45) is 0 Å². The lowest BCUT2D eigenvalue weighted by Gasteiger charge is -2.14. The molecule has 88 valence electrons. The summed E-state index contributed by atoms with van der Waals surface area (Å²) in [7, 11) is 1.42. The van der Waals surface area contributed by atoms with Crippen molar-refractivity contribution in [1.29, 1.82) is 0 Å². The van der Waals surface area contributed by atoms with Crippen molar-refractivity contribution in [2.45, 2.75) is 32.1 Å². The Balaban J connectivity index is 2.87. The number of unbranched alkanes of at least 4 members (excludes halogenated alkanes) is 1. The van der Waals surface area contributed by atoms with Crippen molar-refractivity contribution in [3.8, 4) is 0 Å². The molecule has 0 saturated heterocycles. The van der Waals surface area contributed by atoms with E-state index in [9.17, 15) is 4.79 Å². The summed E-state index contributed by atoms with van der Waals surface area (Å²) in [5.41, 5.74) is 0.938. The summed E-state index contributed by atoms with van der Waals surface area (Å²) < 4.78 is 4.82. The summed E-state index contributed by atoms with van der Waals surface area (Å²) in [6.07, 6.45) is 2.88. The van der Waals surface area contributed by atoms with Crippen LogP contribution in [0.1, 0.15) is 37.7 Å². The number of hydrogen-bond donors (Lipinski definition) is 0. The first-order chi connectivity index (χ1) is 7.69. The maximum absolute atomic E-state index is 11.7. The minimum Gasteiger partial charge on any atom is -0.469 e. The number of ether oxygens (including phenoxy) is 1. The van der Waals surface area contributed by atoms with E-state index in [1.807, 2.05) is 18.2 Å². The molecule has 0 radical (unpaired) electrons. The maximum atomic E-state index is 11.7. The van der Waals surface area contributed by atoms with Gasteiger partial charge in [-0.1, -0.05) is 43.5 Å². The van der Waals surface area contributed by atoms with Crippen molar-refractivity contribution in [1.82, 2.24) is 0 Å². The fourth-order valence-corrected chi connectivity index (χ4v) is 1.89. The van der Waals surface area contributed by atoms with Gasteiger partial charge in [-0.25, -0.2) is 0 Å². The SMILES string of the molecule is CCCCC(C(=O)OC)c1cccc(Cl)c1. The van der Waals surface area contributed by atoms with E-state index in [0.29, 0.717) is 5.02 Å². The molecule has 0 fully saturated rings. The molecule has 1 unspecified atom stereocenters. The molecule has 0 heterocycles. The van der Waals surface area contributed by atoms with Gasteiger partial charge in [0.05, 0.1) is 13.0 Å². The van der Waals surface area contributed by atoms with Gasteiger partial charge in [0.2, 0.25) is 0 Å². The lowest BCUT2D eigenvalue weighted by atomic mass is 9.94. The Morgan fingerprint density at radius 2 is 2.25 bits per heavy atom. The summed E-state index contributed by atoms with van der Waals surface area (Å²) in [5.74, 6) is -0.376. The quantitative estimate of drug-likeness (QED) is 0.732. The zero-order valence-corrected chi connectivity index (χ0v) is 10.5. The molecule has 3 heteroatoms. The number of hydrogen-bond acceptors (Lipinski definition) is 2. The highest BCUT2D eigenvalue weighted by atomic mass is 35.5. The highest BCUT2D eigenvalue weighted by Gasteiger charge is 2.20. The first kappa shape index (κ1) is 13.0. The molecule has 2 nitrogen and oxygen atoms in total. The van der Waals surface area contributed by atoms with Crippen LogP contribution in [0, 0.1) is 0 Å². The Labute approximate surface area is 102 Å². The molecular weight excluding hydrogens is 224 g/mol. The van der Waals surface area contributed by atoms with E-state index in [2.05, 4.69) is 6.92 Å². The molecule has 1 aromatic carbocycles. The van der Waals surface area contributed by atoms with Gasteiger partial charge in [0.25, 0.3) is 0 Å². The van der Waals surface area contributed by atoms with Crippen LogP contribution in [0.5, 0.6) is 0 Å². The van der Waals surface area contributed by atoms with E-state index in [4.69, 9.17) is 16.3 Å². The molecule has 0 aliphatic heterocycles. The molecule has 1 atom stereocenters. The summed E-state index contributed by atoms with van der Waals surface area (Å²) in [5, 5.41) is 0.655. The molecule has 0 spiro atoms. The van der Waals surface area contributed by atoms with E-state index in [-0.39, 0.29) is 11.9 Å². The first-order valence-corrected chi connectivity index (χ1v) is 5.90. The lowest BCUT2D eigenvalue weighted by Crippen LogP contribution is -2.14. The second kappa shape index (κ2) is 6.54. The number of rotatable bonds is 5. The van der Waals surface area contributed by atoms with Crippen LogP contribution in [-0.2, 0) is 9.53 Å². The number of esters is 1. The molecule has 1 rings (SSSR count). The van der Waals surface area contributed by atoms with Crippen LogP contribution in [0.15, 0.2) is 24.3 Å². The molecule has 1 aromatic rings. The second-order valence-electron chi connectivity index (χ2n) is 3.77. The van der Waals surface area contributed by atoms with Gasteiger partial charge < -0.3 is 4.74 Å². The van der Waals surface area contributed by atoms with Gasteiger partial charge in [-0.05, 0) is 24.1 Å². The van der Waals surface area contributed by atoms with Crippen LogP contribution in [0.2, 0.25) is 5.02 Å². The zero-order chi connectivity index (χ0) is 12.0. The normalized spacial score (nSPS) is 12.2. The Kier molecular flexibility index (Phi) is 5.33. The average molecular weight is 241 g/mol. The Morgan fingerprint density at radius 3 is 2.81 bits per heavy atom. The van der Waals surface area contributed by atoms with Gasteiger partial charge in [0.15, 0.2) is 0 Å².